The van der Waals surface area contributed by atoms with Gasteiger partial charge in [0.1, 0.15) is 5.75 Å². The van der Waals surface area contributed by atoms with Crippen molar-refractivity contribution in [3.63, 3.8) is 0 Å². The van der Waals surface area contributed by atoms with E-state index in [0.717, 1.165) is 6.42 Å². The van der Waals surface area contributed by atoms with Crippen LogP contribution in [0.25, 0.3) is 0 Å². The summed E-state index contributed by atoms with van der Waals surface area (Å²) in [4.78, 5) is 14.9. The lowest BCUT2D eigenvalue weighted by Gasteiger charge is -2.23. The van der Waals surface area contributed by atoms with Crippen LogP contribution in [0.3, 0.4) is 0 Å². The van der Waals surface area contributed by atoms with Crippen LogP contribution in [-0.2, 0) is 0 Å². The third-order valence-electron chi connectivity index (χ3n) is 4.77. The number of carbonyl (C=O) groups excluding carboxylic acids is 1. The molecule has 27 heavy (non-hydrogen) atoms. The zero-order valence-electron chi connectivity index (χ0n) is 15.1. The Kier molecular flexibility index (Phi) is 5.91. The first-order chi connectivity index (χ1) is 13.0. The second-order valence-electron chi connectivity index (χ2n) is 6.72. The van der Waals surface area contributed by atoms with Crippen molar-refractivity contribution in [2.24, 2.45) is 11.7 Å². The third kappa shape index (κ3) is 4.54. The van der Waals surface area contributed by atoms with E-state index < -0.39 is 6.61 Å². The summed E-state index contributed by atoms with van der Waals surface area (Å²) in [6, 6.07) is 13.6. The average molecular weight is 375 g/mol. The summed E-state index contributed by atoms with van der Waals surface area (Å²) in [5.41, 5.74) is 7.66. The number of benzene rings is 2. The van der Waals surface area contributed by atoms with E-state index in [0.29, 0.717) is 35.9 Å². The molecule has 0 bridgehead atoms. The maximum absolute atomic E-state index is 13.0. The molecule has 3 N–H and O–H groups in total. The summed E-state index contributed by atoms with van der Waals surface area (Å²) in [5, 5.41) is 3.18. The Morgan fingerprint density at radius 3 is 2.59 bits per heavy atom. The van der Waals surface area contributed by atoms with Crippen LogP contribution in [-0.4, -0.2) is 36.5 Å². The van der Waals surface area contributed by atoms with Crippen molar-refractivity contribution in [2.45, 2.75) is 26.0 Å². The van der Waals surface area contributed by atoms with Crippen LogP contribution in [0.4, 0.5) is 20.2 Å². The van der Waals surface area contributed by atoms with E-state index >= 15 is 0 Å². The number of nitrogens with one attached hydrogen (secondary N) is 1. The van der Waals surface area contributed by atoms with Gasteiger partial charge in [-0.3, -0.25) is 4.79 Å². The SMILES string of the molecule is CC1CC(CN)CN1C(=O)c1ccccc1Nc1ccc(OC(F)F)cc1. The number of rotatable bonds is 6. The van der Waals surface area contributed by atoms with Gasteiger partial charge in [-0.2, -0.15) is 8.78 Å². The second kappa shape index (κ2) is 8.35. The smallest absolute Gasteiger partial charge is 0.387 e. The van der Waals surface area contributed by atoms with Crippen LogP contribution in [0.15, 0.2) is 48.5 Å². The normalized spacial score (nSPS) is 19.4. The Balaban J connectivity index is 1.77. The predicted molar refractivity (Wildman–Crippen MR) is 100 cm³/mol. The molecule has 3 rings (SSSR count). The zero-order chi connectivity index (χ0) is 19.4. The Morgan fingerprint density at radius 2 is 1.96 bits per heavy atom. The number of nitrogens with zero attached hydrogens (tertiary/aromatic N) is 1. The van der Waals surface area contributed by atoms with Gasteiger partial charge in [-0.15, -0.1) is 0 Å². The molecule has 2 aromatic rings. The molecule has 1 amide bonds. The molecule has 1 heterocycles. The molecule has 5 nitrogen and oxygen atoms in total. The highest BCUT2D eigenvalue weighted by Gasteiger charge is 2.32. The first kappa shape index (κ1) is 19.1. The molecule has 7 heteroatoms. The number of amides is 1. The second-order valence-corrected chi connectivity index (χ2v) is 6.72. The van der Waals surface area contributed by atoms with Crippen LogP contribution in [0.2, 0.25) is 0 Å². The minimum Gasteiger partial charge on any atom is -0.435 e. The number of ether oxygens (including phenoxy) is 1. The van der Waals surface area contributed by atoms with Gasteiger partial charge in [0.25, 0.3) is 5.91 Å². The molecule has 1 aliphatic heterocycles. The molecular weight excluding hydrogens is 352 g/mol. The van der Waals surface area contributed by atoms with Gasteiger partial charge < -0.3 is 20.7 Å². The van der Waals surface area contributed by atoms with Crippen LogP contribution in [0.1, 0.15) is 23.7 Å². The average Bonchev–Trinajstić information content (AvgIpc) is 3.04. The number of alkyl halides is 2. The first-order valence-electron chi connectivity index (χ1n) is 8.90. The molecule has 0 saturated carbocycles. The number of anilines is 2. The largest absolute Gasteiger partial charge is 0.435 e. The summed E-state index contributed by atoms with van der Waals surface area (Å²) in [5.74, 6) is 0.365. The highest BCUT2D eigenvalue weighted by Crippen LogP contribution is 2.28. The maximum Gasteiger partial charge on any atom is 0.387 e. The zero-order valence-corrected chi connectivity index (χ0v) is 15.1. The Hall–Kier alpha value is -2.67. The van der Waals surface area contributed by atoms with E-state index in [-0.39, 0.29) is 17.7 Å². The molecular formula is C20H23F2N3O2. The standard InChI is InChI=1S/C20H23F2N3O2/c1-13-10-14(11-23)12-25(13)19(26)17-4-2-3-5-18(17)24-15-6-8-16(9-7-15)27-20(21)22/h2-9,13-14,20,24H,10-12,23H2,1H3. The number of halogens is 2. The molecule has 1 saturated heterocycles. The fourth-order valence-electron chi connectivity index (χ4n) is 3.40. The minimum atomic E-state index is -2.86. The summed E-state index contributed by atoms with van der Waals surface area (Å²) < 4.78 is 28.9. The van der Waals surface area contributed by atoms with Crippen LogP contribution < -0.4 is 15.8 Å². The van der Waals surface area contributed by atoms with Gasteiger partial charge in [0.15, 0.2) is 0 Å². The molecule has 0 radical (unpaired) electrons. The number of likely N-dealkylation sites (tertiary alicyclic amines) is 1. The summed E-state index contributed by atoms with van der Waals surface area (Å²) in [7, 11) is 0. The van der Waals surface area contributed by atoms with E-state index in [1.807, 2.05) is 30.0 Å². The fourth-order valence-corrected chi connectivity index (χ4v) is 3.40. The van der Waals surface area contributed by atoms with Gasteiger partial charge >= 0.3 is 6.61 Å². The highest BCUT2D eigenvalue weighted by molar-refractivity contribution is 6.00. The number of hydrogen-bond donors (Lipinski definition) is 2. The summed E-state index contributed by atoms with van der Waals surface area (Å²) in [6.07, 6.45) is 0.906. The van der Waals surface area contributed by atoms with Crippen molar-refractivity contribution in [2.75, 3.05) is 18.4 Å². The number of hydrogen-bond acceptors (Lipinski definition) is 4. The van der Waals surface area contributed by atoms with E-state index in [1.54, 1.807) is 18.2 Å². The number of para-hydroxylation sites is 1. The molecule has 2 aromatic carbocycles. The molecule has 0 aliphatic carbocycles. The van der Waals surface area contributed by atoms with Crippen molar-refractivity contribution in [3.05, 3.63) is 54.1 Å². The van der Waals surface area contributed by atoms with E-state index in [2.05, 4.69) is 10.1 Å². The molecule has 1 aliphatic rings. The fraction of sp³-hybridized carbons (Fsp3) is 0.350. The number of nitrogens with two attached hydrogens (primary N) is 1. The van der Waals surface area contributed by atoms with Gasteiger partial charge in [-0.1, -0.05) is 12.1 Å². The lowest BCUT2D eigenvalue weighted by molar-refractivity contribution is -0.0498. The lowest BCUT2D eigenvalue weighted by Crippen LogP contribution is -2.34. The minimum absolute atomic E-state index is 0.0424. The van der Waals surface area contributed by atoms with Gasteiger partial charge in [0.05, 0.1) is 11.3 Å². The van der Waals surface area contributed by atoms with Gasteiger partial charge in [0.2, 0.25) is 0 Å². The van der Waals surface area contributed by atoms with Gasteiger partial charge in [-0.25, -0.2) is 0 Å². The molecule has 2 atom stereocenters. The molecule has 2 unspecified atom stereocenters. The summed E-state index contributed by atoms with van der Waals surface area (Å²) in [6.45, 7) is 0.402. The van der Waals surface area contributed by atoms with E-state index in [4.69, 9.17) is 5.73 Å². The quantitative estimate of drug-likeness (QED) is 0.805. The molecule has 1 fully saturated rings. The number of carbonyl (C=O) groups is 1. The topological polar surface area (TPSA) is 67.6 Å². The van der Waals surface area contributed by atoms with Gasteiger partial charge in [0, 0.05) is 18.3 Å². The first-order valence-corrected chi connectivity index (χ1v) is 8.90. The van der Waals surface area contributed by atoms with Crippen molar-refractivity contribution < 1.29 is 18.3 Å². The molecule has 0 aromatic heterocycles. The van der Waals surface area contributed by atoms with Crippen LogP contribution in [0, 0.1) is 5.92 Å². The maximum atomic E-state index is 13.0. The van der Waals surface area contributed by atoms with Crippen molar-refractivity contribution in [1.82, 2.24) is 4.90 Å². The van der Waals surface area contributed by atoms with E-state index in [1.165, 1.54) is 12.1 Å². The molecule has 144 valence electrons. The molecule has 0 spiro atoms. The van der Waals surface area contributed by atoms with Crippen molar-refractivity contribution in [3.8, 4) is 5.75 Å². The Morgan fingerprint density at radius 1 is 1.26 bits per heavy atom. The van der Waals surface area contributed by atoms with Gasteiger partial charge in [-0.05, 0) is 62.2 Å². The van der Waals surface area contributed by atoms with Crippen LogP contribution >= 0.6 is 0 Å². The van der Waals surface area contributed by atoms with Crippen molar-refractivity contribution in [1.29, 1.82) is 0 Å². The summed E-state index contributed by atoms with van der Waals surface area (Å²) >= 11 is 0. The highest BCUT2D eigenvalue weighted by atomic mass is 19.3. The van der Waals surface area contributed by atoms with Crippen molar-refractivity contribution >= 4 is 17.3 Å². The third-order valence-corrected chi connectivity index (χ3v) is 4.77. The van der Waals surface area contributed by atoms with Crippen LogP contribution in [0.5, 0.6) is 5.75 Å². The van der Waals surface area contributed by atoms with E-state index in [9.17, 15) is 13.6 Å². The lowest BCUT2D eigenvalue weighted by atomic mass is 10.1. The predicted octanol–water partition coefficient (Wildman–Crippen LogP) is 3.84. The Labute approximate surface area is 157 Å². The monoisotopic (exact) mass is 375 g/mol. The Bertz CT molecular complexity index is 783.